The van der Waals surface area contributed by atoms with E-state index in [1.165, 1.54) is 148 Å². The summed E-state index contributed by atoms with van der Waals surface area (Å²) in [5, 5.41) is 0. The molecule has 0 saturated carbocycles. The predicted octanol–water partition coefficient (Wildman–Crippen LogP) is 11.1. The molecule has 0 fully saturated rings. The highest BCUT2D eigenvalue weighted by molar-refractivity contribution is 4.65. The van der Waals surface area contributed by atoms with E-state index in [2.05, 4.69) is 27.7 Å². The summed E-state index contributed by atoms with van der Waals surface area (Å²) < 4.78 is 0. The standard InChI is InChI=1S/C29H59/c1-5-8-9-10-11-12-13-14-15-16-17-18-19-20-21-22-23-25-29(24-6-2)27-26-28(4)7-3/h28-29H,4-27H2,1-3H3. The van der Waals surface area contributed by atoms with Gasteiger partial charge in [-0.25, -0.2) is 0 Å². The molecule has 0 nitrogen and oxygen atoms in total. The Bertz CT molecular complexity index is 282. The van der Waals surface area contributed by atoms with E-state index >= 15 is 0 Å². The Morgan fingerprint density at radius 3 is 1.21 bits per heavy atom. The second kappa shape index (κ2) is 24.3. The van der Waals surface area contributed by atoms with Crippen LogP contribution >= 0.6 is 0 Å². The average Bonchev–Trinajstić information content (AvgIpc) is 2.73. The minimum Gasteiger partial charge on any atom is -0.0654 e. The fourth-order valence-corrected chi connectivity index (χ4v) is 4.67. The molecule has 0 heterocycles. The summed E-state index contributed by atoms with van der Waals surface area (Å²) >= 11 is 0. The van der Waals surface area contributed by atoms with Gasteiger partial charge in [0.25, 0.3) is 0 Å². The summed E-state index contributed by atoms with van der Waals surface area (Å²) in [6.45, 7) is 11.2. The van der Waals surface area contributed by atoms with Gasteiger partial charge in [-0.1, -0.05) is 175 Å². The molecule has 0 heteroatoms. The van der Waals surface area contributed by atoms with Crippen molar-refractivity contribution in [1.82, 2.24) is 0 Å². The highest BCUT2D eigenvalue weighted by Gasteiger charge is 2.09. The molecule has 2 atom stereocenters. The van der Waals surface area contributed by atoms with Crippen LogP contribution < -0.4 is 0 Å². The second-order valence-electron chi connectivity index (χ2n) is 9.95. The smallest absolute Gasteiger partial charge is 0.0414 e. The van der Waals surface area contributed by atoms with Crippen molar-refractivity contribution in [2.24, 2.45) is 11.8 Å². The third-order valence-electron chi connectivity index (χ3n) is 6.97. The first-order valence-electron chi connectivity index (χ1n) is 14.1. The number of hydrogen-bond acceptors (Lipinski definition) is 0. The van der Waals surface area contributed by atoms with Crippen molar-refractivity contribution in [1.29, 1.82) is 0 Å². The van der Waals surface area contributed by atoms with E-state index < -0.39 is 0 Å². The van der Waals surface area contributed by atoms with Crippen LogP contribution in [0.3, 0.4) is 0 Å². The fraction of sp³-hybridized carbons (Fsp3) is 0.966. The highest BCUT2D eigenvalue weighted by atomic mass is 14.2. The van der Waals surface area contributed by atoms with E-state index in [1.54, 1.807) is 0 Å². The first kappa shape index (κ1) is 29.0. The van der Waals surface area contributed by atoms with Gasteiger partial charge in [0.2, 0.25) is 0 Å². The Kier molecular flexibility index (Phi) is 24.3. The topological polar surface area (TPSA) is 0 Å². The molecular formula is C29H59. The highest BCUT2D eigenvalue weighted by Crippen LogP contribution is 2.24. The van der Waals surface area contributed by atoms with Crippen LogP contribution in [0.15, 0.2) is 0 Å². The van der Waals surface area contributed by atoms with Crippen LogP contribution in [0.25, 0.3) is 0 Å². The number of unbranched alkanes of at least 4 members (excludes halogenated alkanes) is 16. The molecule has 175 valence electrons. The Morgan fingerprint density at radius 1 is 0.414 bits per heavy atom. The Labute approximate surface area is 187 Å². The van der Waals surface area contributed by atoms with Crippen molar-refractivity contribution in [2.75, 3.05) is 0 Å². The predicted molar refractivity (Wildman–Crippen MR) is 136 cm³/mol. The summed E-state index contributed by atoms with van der Waals surface area (Å²) in [4.78, 5) is 0. The van der Waals surface area contributed by atoms with E-state index in [0.29, 0.717) is 5.92 Å². The minimum absolute atomic E-state index is 0.685. The van der Waals surface area contributed by atoms with Gasteiger partial charge in [-0.2, -0.15) is 0 Å². The van der Waals surface area contributed by atoms with Crippen molar-refractivity contribution in [3.05, 3.63) is 6.92 Å². The third kappa shape index (κ3) is 22.5. The molecule has 0 aromatic heterocycles. The lowest BCUT2D eigenvalue weighted by Gasteiger charge is -2.18. The van der Waals surface area contributed by atoms with E-state index in [9.17, 15) is 0 Å². The maximum atomic E-state index is 4.27. The van der Waals surface area contributed by atoms with Crippen molar-refractivity contribution >= 4 is 0 Å². The molecule has 0 rings (SSSR count). The maximum absolute atomic E-state index is 4.27. The van der Waals surface area contributed by atoms with Gasteiger partial charge in [0.05, 0.1) is 0 Å². The molecule has 29 heavy (non-hydrogen) atoms. The normalized spacial score (nSPS) is 13.7. The van der Waals surface area contributed by atoms with Crippen molar-refractivity contribution in [2.45, 2.75) is 168 Å². The zero-order valence-corrected chi connectivity index (χ0v) is 21.1. The lowest BCUT2D eigenvalue weighted by Crippen LogP contribution is -2.04. The fourth-order valence-electron chi connectivity index (χ4n) is 4.67. The first-order chi connectivity index (χ1) is 14.2. The summed E-state index contributed by atoms with van der Waals surface area (Å²) in [6, 6.07) is 0. The monoisotopic (exact) mass is 407 g/mol. The van der Waals surface area contributed by atoms with Gasteiger partial charge in [-0.15, -0.1) is 0 Å². The molecule has 0 spiro atoms. The van der Waals surface area contributed by atoms with Crippen LogP contribution in [0.4, 0.5) is 0 Å². The Morgan fingerprint density at radius 2 is 0.828 bits per heavy atom. The molecule has 2 unspecified atom stereocenters. The van der Waals surface area contributed by atoms with Crippen LogP contribution in [-0.2, 0) is 0 Å². The number of hydrogen-bond donors (Lipinski definition) is 0. The van der Waals surface area contributed by atoms with E-state index in [0.717, 1.165) is 5.92 Å². The van der Waals surface area contributed by atoms with Gasteiger partial charge in [0.1, 0.15) is 0 Å². The van der Waals surface area contributed by atoms with Gasteiger partial charge in [0, 0.05) is 0 Å². The van der Waals surface area contributed by atoms with Crippen LogP contribution in [0.5, 0.6) is 0 Å². The van der Waals surface area contributed by atoms with E-state index in [-0.39, 0.29) is 0 Å². The van der Waals surface area contributed by atoms with Crippen LogP contribution in [0.1, 0.15) is 168 Å². The summed E-state index contributed by atoms with van der Waals surface area (Å²) in [5.74, 6) is 1.66. The quantitative estimate of drug-likeness (QED) is 0.139. The Hall–Kier alpha value is 0. The molecule has 1 radical (unpaired) electrons. The Balaban J connectivity index is 3.29. The molecule has 0 aromatic carbocycles. The van der Waals surface area contributed by atoms with Gasteiger partial charge in [-0.3, -0.25) is 0 Å². The zero-order valence-electron chi connectivity index (χ0n) is 21.1. The van der Waals surface area contributed by atoms with E-state index in [1.807, 2.05) is 0 Å². The molecule has 0 saturated heterocycles. The first-order valence-corrected chi connectivity index (χ1v) is 14.1. The van der Waals surface area contributed by atoms with Crippen LogP contribution in [-0.4, -0.2) is 0 Å². The molecular weight excluding hydrogens is 348 g/mol. The average molecular weight is 408 g/mol. The lowest BCUT2D eigenvalue weighted by atomic mass is 9.88. The molecule has 0 aliphatic carbocycles. The van der Waals surface area contributed by atoms with Crippen molar-refractivity contribution in [3.8, 4) is 0 Å². The molecule has 0 aromatic rings. The van der Waals surface area contributed by atoms with Crippen LogP contribution in [0.2, 0.25) is 0 Å². The molecule has 0 amide bonds. The van der Waals surface area contributed by atoms with E-state index in [4.69, 9.17) is 0 Å². The third-order valence-corrected chi connectivity index (χ3v) is 6.97. The maximum Gasteiger partial charge on any atom is -0.0414 e. The lowest BCUT2D eigenvalue weighted by molar-refractivity contribution is 0.361. The number of rotatable bonds is 24. The van der Waals surface area contributed by atoms with Gasteiger partial charge in [-0.05, 0) is 11.8 Å². The van der Waals surface area contributed by atoms with Gasteiger partial charge in [0.15, 0.2) is 0 Å². The molecule has 0 bridgehead atoms. The molecule has 0 aliphatic rings. The SMILES string of the molecule is [CH2]C(CC)CCC(CCC)CCCCCCCCCCCCCCCCCCC. The second-order valence-corrected chi connectivity index (χ2v) is 9.95. The summed E-state index contributed by atoms with van der Waals surface area (Å²) in [6.07, 6.45) is 33.3. The van der Waals surface area contributed by atoms with Crippen molar-refractivity contribution < 1.29 is 0 Å². The largest absolute Gasteiger partial charge is 0.0654 e. The minimum atomic E-state index is 0.685. The van der Waals surface area contributed by atoms with Crippen molar-refractivity contribution in [3.63, 3.8) is 0 Å². The molecule has 0 aliphatic heterocycles. The zero-order chi connectivity index (χ0) is 21.4. The molecule has 0 N–H and O–H groups in total. The summed E-state index contributed by atoms with van der Waals surface area (Å²) in [5.41, 5.74) is 0. The van der Waals surface area contributed by atoms with Gasteiger partial charge < -0.3 is 0 Å². The summed E-state index contributed by atoms with van der Waals surface area (Å²) in [7, 11) is 0. The van der Waals surface area contributed by atoms with Crippen LogP contribution in [0, 0.1) is 18.8 Å². The van der Waals surface area contributed by atoms with Gasteiger partial charge >= 0.3 is 0 Å².